The molecule has 1 amide bonds. The minimum absolute atomic E-state index is 0.202. The lowest BCUT2D eigenvalue weighted by atomic mass is 10.1. The van der Waals surface area contributed by atoms with Crippen LogP contribution in [0.4, 0.5) is 0 Å². The first kappa shape index (κ1) is 12.8. The molecule has 0 aliphatic rings. The molecule has 0 saturated heterocycles. The second-order valence-electron chi connectivity index (χ2n) is 3.63. The largest absolute Gasteiger partial charge is 0.281 e. The number of thiophene rings is 1. The van der Waals surface area contributed by atoms with E-state index in [-0.39, 0.29) is 5.91 Å². The van der Waals surface area contributed by atoms with Crippen molar-refractivity contribution in [2.75, 3.05) is 0 Å². The number of benzene rings is 1. The van der Waals surface area contributed by atoms with Crippen LogP contribution in [0.15, 0.2) is 46.9 Å². The average molecular weight is 279 g/mol. The maximum atomic E-state index is 11.7. The predicted octanol–water partition coefficient (Wildman–Crippen LogP) is 3.56. The van der Waals surface area contributed by atoms with E-state index in [2.05, 4.69) is 10.5 Å². The summed E-state index contributed by atoms with van der Waals surface area (Å²) < 4.78 is 0. The van der Waals surface area contributed by atoms with Crippen molar-refractivity contribution in [1.29, 1.82) is 0 Å². The molecule has 1 heterocycles. The Morgan fingerprint density at radius 1 is 1.33 bits per heavy atom. The molecule has 2 rings (SSSR count). The first-order valence-electron chi connectivity index (χ1n) is 5.31. The first-order valence-corrected chi connectivity index (χ1v) is 6.56. The minimum Gasteiger partial charge on any atom is -0.266 e. The maximum absolute atomic E-state index is 11.7. The molecular formula is C13H11ClN2OS. The Morgan fingerprint density at radius 2 is 2.17 bits per heavy atom. The van der Waals surface area contributed by atoms with Crippen LogP contribution in [-0.4, -0.2) is 11.6 Å². The molecule has 92 valence electrons. The van der Waals surface area contributed by atoms with Crippen molar-refractivity contribution in [2.24, 2.45) is 5.10 Å². The lowest BCUT2D eigenvalue weighted by molar-refractivity contribution is 0.0959. The Hall–Kier alpha value is -1.65. The Morgan fingerprint density at radius 3 is 2.83 bits per heavy atom. The van der Waals surface area contributed by atoms with Crippen molar-refractivity contribution >= 4 is 34.6 Å². The summed E-state index contributed by atoms with van der Waals surface area (Å²) in [6, 6.07) is 10.9. The van der Waals surface area contributed by atoms with Gasteiger partial charge >= 0.3 is 0 Å². The molecule has 0 radical (unpaired) electrons. The minimum atomic E-state index is -0.202. The molecule has 0 spiro atoms. The molecule has 0 saturated carbocycles. The molecule has 1 N–H and O–H groups in total. The molecule has 5 heteroatoms. The maximum Gasteiger partial charge on any atom is 0.281 e. The average Bonchev–Trinajstić information content (AvgIpc) is 2.89. The van der Waals surface area contributed by atoms with Gasteiger partial charge in [0.15, 0.2) is 0 Å². The third-order valence-electron chi connectivity index (χ3n) is 2.31. The van der Waals surface area contributed by atoms with Gasteiger partial charge in [-0.1, -0.05) is 29.8 Å². The summed E-state index contributed by atoms with van der Waals surface area (Å²) in [7, 11) is 0. The van der Waals surface area contributed by atoms with Crippen molar-refractivity contribution in [1.82, 2.24) is 5.43 Å². The highest BCUT2D eigenvalue weighted by Gasteiger charge is 2.05. The van der Waals surface area contributed by atoms with Gasteiger partial charge in [0, 0.05) is 5.02 Å². The Kier molecular flexibility index (Phi) is 4.12. The third-order valence-corrected chi connectivity index (χ3v) is 3.42. The monoisotopic (exact) mass is 278 g/mol. The number of carbonyl (C=O) groups is 1. The van der Waals surface area contributed by atoms with Crippen LogP contribution in [-0.2, 0) is 0 Å². The summed E-state index contributed by atoms with van der Waals surface area (Å²) in [6.45, 7) is 1.82. The summed E-state index contributed by atoms with van der Waals surface area (Å²) in [5, 5.41) is 6.55. The molecule has 0 bridgehead atoms. The first-order chi connectivity index (χ1) is 8.66. The number of rotatable bonds is 3. The van der Waals surface area contributed by atoms with Crippen molar-refractivity contribution < 1.29 is 4.79 Å². The number of amides is 1. The highest BCUT2D eigenvalue weighted by Crippen LogP contribution is 2.11. The van der Waals surface area contributed by atoms with Gasteiger partial charge in [-0.05, 0) is 36.1 Å². The van der Waals surface area contributed by atoms with Crippen molar-refractivity contribution in [3.63, 3.8) is 0 Å². The number of hydrazone groups is 1. The summed E-state index contributed by atoms with van der Waals surface area (Å²) in [5.74, 6) is -0.202. The van der Waals surface area contributed by atoms with Gasteiger partial charge in [-0.2, -0.15) is 5.10 Å². The number of hydrogen-bond donors (Lipinski definition) is 1. The molecular weight excluding hydrogens is 268 g/mol. The lowest BCUT2D eigenvalue weighted by Crippen LogP contribution is -2.18. The summed E-state index contributed by atoms with van der Waals surface area (Å²) in [6.07, 6.45) is 0. The molecule has 0 fully saturated rings. The Balaban J connectivity index is 2.08. The fraction of sp³-hybridized carbons (Fsp3) is 0.0769. The van der Waals surface area contributed by atoms with Crippen molar-refractivity contribution in [2.45, 2.75) is 6.92 Å². The van der Waals surface area contributed by atoms with Crippen LogP contribution < -0.4 is 5.43 Å². The van der Waals surface area contributed by atoms with E-state index in [0.717, 1.165) is 5.56 Å². The van der Waals surface area contributed by atoms with E-state index < -0.39 is 0 Å². The molecule has 2 aromatic rings. The fourth-order valence-electron chi connectivity index (χ4n) is 1.38. The number of nitrogens with one attached hydrogen (secondary N) is 1. The van der Waals surface area contributed by atoms with Crippen LogP contribution in [0.5, 0.6) is 0 Å². The predicted molar refractivity (Wildman–Crippen MR) is 75.4 cm³/mol. The van der Waals surface area contributed by atoms with Crippen LogP contribution in [0.3, 0.4) is 0 Å². The Bertz CT molecular complexity index is 578. The van der Waals surface area contributed by atoms with E-state index in [1.807, 2.05) is 30.5 Å². The zero-order valence-corrected chi connectivity index (χ0v) is 11.3. The van der Waals surface area contributed by atoms with Crippen LogP contribution in [0.2, 0.25) is 5.02 Å². The van der Waals surface area contributed by atoms with E-state index in [0.29, 0.717) is 15.6 Å². The topological polar surface area (TPSA) is 41.5 Å². The van der Waals surface area contributed by atoms with Gasteiger partial charge in [0.2, 0.25) is 0 Å². The SMILES string of the molecule is C/C(=N\NC(=O)c1cccs1)c1cccc(Cl)c1. The zero-order valence-electron chi connectivity index (χ0n) is 9.68. The number of hydrogen-bond acceptors (Lipinski definition) is 3. The van der Waals surface area contributed by atoms with Gasteiger partial charge in [-0.25, -0.2) is 5.43 Å². The van der Waals surface area contributed by atoms with Gasteiger partial charge in [-0.15, -0.1) is 11.3 Å². The van der Waals surface area contributed by atoms with Crippen LogP contribution in [0.1, 0.15) is 22.2 Å². The van der Waals surface area contributed by atoms with E-state index in [9.17, 15) is 4.79 Å². The van der Waals surface area contributed by atoms with E-state index in [1.54, 1.807) is 18.2 Å². The van der Waals surface area contributed by atoms with Crippen molar-refractivity contribution in [3.8, 4) is 0 Å². The van der Waals surface area contributed by atoms with Gasteiger partial charge in [-0.3, -0.25) is 4.79 Å². The van der Waals surface area contributed by atoms with E-state index >= 15 is 0 Å². The Labute approximate surface area is 114 Å². The molecule has 1 aromatic heterocycles. The van der Waals surface area contributed by atoms with Crippen LogP contribution in [0.25, 0.3) is 0 Å². The van der Waals surface area contributed by atoms with Gasteiger partial charge < -0.3 is 0 Å². The highest BCUT2D eigenvalue weighted by atomic mass is 35.5. The number of halogens is 1. The molecule has 0 unspecified atom stereocenters. The molecule has 0 aliphatic heterocycles. The standard InChI is InChI=1S/C13H11ClN2OS/c1-9(10-4-2-5-11(14)8-10)15-16-13(17)12-6-3-7-18-12/h2-8H,1H3,(H,16,17)/b15-9+. The highest BCUT2D eigenvalue weighted by molar-refractivity contribution is 7.12. The zero-order chi connectivity index (χ0) is 13.0. The molecule has 18 heavy (non-hydrogen) atoms. The summed E-state index contributed by atoms with van der Waals surface area (Å²) >= 11 is 7.27. The molecule has 1 aromatic carbocycles. The molecule has 3 nitrogen and oxygen atoms in total. The second-order valence-corrected chi connectivity index (χ2v) is 5.01. The molecule has 0 aliphatic carbocycles. The summed E-state index contributed by atoms with van der Waals surface area (Å²) in [5.41, 5.74) is 4.11. The van der Waals surface area contributed by atoms with E-state index in [1.165, 1.54) is 11.3 Å². The number of nitrogens with zero attached hydrogens (tertiary/aromatic N) is 1. The van der Waals surface area contributed by atoms with Gasteiger partial charge in [0.05, 0.1) is 10.6 Å². The third kappa shape index (κ3) is 3.18. The normalized spacial score (nSPS) is 11.3. The second kappa shape index (κ2) is 5.80. The fourth-order valence-corrected chi connectivity index (χ4v) is 2.18. The quantitative estimate of drug-likeness (QED) is 0.677. The van der Waals surface area contributed by atoms with Gasteiger partial charge in [0.25, 0.3) is 5.91 Å². The van der Waals surface area contributed by atoms with E-state index in [4.69, 9.17) is 11.6 Å². The summed E-state index contributed by atoms with van der Waals surface area (Å²) in [4.78, 5) is 12.3. The van der Waals surface area contributed by atoms with Gasteiger partial charge in [0.1, 0.15) is 0 Å². The number of carbonyl (C=O) groups excluding carboxylic acids is 1. The van der Waals surface area contributed by atoms with Crippen LogP contribution >= 0.6 is 22.9 Å². The van der Waals surface area contributed by atoms with Crippen molar-refractivity contribution in [3.05, 3.63) is 57.2 Å². The molecule has 0 atom stereocenters. The van der Waals surface area contributed by atoms with Crippen LogP contribution in [0, 0.1) is 0 Å². The lowest BCUT2D eigenvalue weighted by Gasteiger charge is -2.02. The smallest absolute Gasteiger partial charge is 0.266 e.